The molecule has 0 spiro atoms. The van der Waals surface area contributed by atoms with Crippen LogP contribution in [0.4, 0.5) is 0 Å². The minimum absolute atomic E-state index is 0.0851. The third kappa shape index (κ3) is 5.48. The third-order valence-corrected chi connectivity index (χ3v) is 12.4. The first-order chi connectivity index (χ1) is 17.6. The zero-order valence-electron chi connectivity index (χ0n) is 23.7. The van der Waals surface area contributed by atoms with Crippen molar-refractivity contribution in [1.29, 1.82) is 0 Å². The van der Waals surface area contributed by atoms with Crippen LogP contribution >= 0.6 is 11.8 Å². The number of amides is 1. The van der Waals surface area contributed by atoms with Crippen LogP contribution in [0.3, 0.4) is 0 Å². The number of hydrogen-bond acceptors (Lipinski definition) is 6. The van der Waals surface area contributed by atoms with E-state index in [1.807, 2.05) is 6.26 Å². The smallest absolute Gasteiger partial charge is 0.328 e. The molecule has 212 valence electrons. The highest BCUT2D eigenvalue weighted by molar-refractivity contribution is 7.98. The van der Waals surface area contributed by atoms with Crippen LogP contribution in [0.5, 0.6) is 0 Å². The molecule has 0 aromatic carbocycles. The number of nitrogens with one attached hydrogen (secondary N) is 1. The van der Waals surface area contributed by atoms with Crippen molar-refractivity contribution in [3.63, 3.8) is 0 Å². The van der Waals surface area contributed by atoms with Gasteiger partial charge < -0.3 is 20.3 Å². The summed E-state index contributed by atoms with van der Waals surface area (Å²) in [7, 11) is 1.37. The van der Waals surface area contributed by atoms with Crippen molar-refractivity contribution in [2.24, 2.45) is 46.3 Å². The fourth-order valence-corrected chi connectivity index (χ4v) is 10.1. The summed E-state index contributed by atoms with van der Waals surface area (Å²) in [5.41, 5.74) is 0.153. The first-order valence-corrected chi connectivity index (χ1v) is 16.2. The van der Waals surface area contributed by atoms with Crippen LogP contribution in [0, 0.1) is 46.3 Å². The Morgan fingerprint density at radius 3 is 2.51 bits per heavy atom. The number of aliphatic hydroxyl groups excluding tert-OH is 2. The number of aliphatic hydroxyl groups is 2. The second kappa shape index (κ2) is 11.8. The second-order valence-corrected chi connectivity index (χ2v) is 14.3. The zero-order valence-corrected chi connectivity index (χ0v) is 24.5. The first kappa shape index (κ1) is 29.2. The fraction of sp³-hybridized carbons (Fsp3) is 0.933. The van der Waals surface area contributed by atoms with Gasteiger partial charge in [0.2, 0.25) is 5.91 Å². The molecular weight excluding hydrogens is 486 g/mol. The van der Waals surface area contributed by atoms with Gasteiger partial charge in [-0.2, -0.15) is 11.8 Å². The number of esters is 1. The quantitative estimate of drug-likeness (QED) is 0.366. The van der Waals surface area contributed by atoms with E-state index in [1.54, 1.807) is 11.8 Å². The molecule has 0 aromatic rings. The normalized spacial score (nSPS) is 42.6. The minimum Gasteiger partial charge on any atom is -0.467 e. The van der Waals surface area contributed by atoms with Gasteiger partial charge in [0.25, 0.3) is 0 Å². The van der Waals surface area contributed by atoms with E-state index in [1.165, 1.54) is 26.4 Å². The lowest BCUT2D eigenvalue weighted by Gasteiger charge is -2.62. The van der Waals surface area contributed by atoms with Gasteiger partial charge in [0, 0.05) is 6.42 Å². The Morgan fingerprint density at radius 1 is 1.05 bits per heavy atom. The van der Waals surface area contributed by atoms with Crippen LogP contribution in [0.15, 0.2) is 0 Å². The Kier molecular flexibility index (Phi) is 9.28. The number of methoxy groups -OCH3 is 1. The SMILES string of the molecule is COC(=O)[C@H](CCSC)NC(=O)CC[C@@H](C)[C@H]1CC[C@H]2[C@@H]3CC[C@@H]4C[C@H](O)CC[C@]4(C)[C@H]3C[C@H](O)[C@]12C. The predicted molar refractivity (Wildman–Crippen MR) is 148 cm³/mol. The first-order valence-electron chi connectivity index (χ1n) is 14.8. The third-order valence-electron chi connectivity index (χ3n) is 11.8. The van der Waals surface area contributed by atoms with Gasteiger partial charge in [-0.15, -0.1) is 0 Å². The number of carbonyl (C=O) groups is 2. The van der Waals surface area contributed by atoms with Gasteiger partial charge in [0.05, 0.1) is 19.3 Å². The lowest BCUT2D eigenvalue weighted by Crippen LogP contribution is -2.58. The highest BCUT2D eigenvalue weighted by Gasteiger charge is 2.63. The molecular formula is C30H51NO5S. The number of hydrogen-bond donors (Lipinski definition) is 3. The van der Waals surface area contributed by atoms with Gasteiger partial charge in [-0.05, 0) is 123 Å². The van der Waals surface area contributed by atoms with Crippen LogP contribution < -0.4 is 5.32 Å². The van der Waals surface area contributed by atoms with E-state index in [0.29, 0.717) is 48.3 Å². The van der Waals surface area contributed by atoms with Crippen molar-refractivity contribution in [3.8, 4) is 0 Å². The molecule has 4 rings (SSSR count). The molecule has 0 heterocycles. The number of fused-ring (bicyclic) bond motifs is 5. The summed E-state index contributed by atoms with van der Waals surface area (Å²) in [5.74, 6) is 3.44. The van der Waals surface area contributed by atoms with Crippen molar-refractivity contribution in [2.45, 2.75) is 110 Å². The Bertz CT molecular complexity index is 824. The molecule has 0 saturated heterocycles. The molecule has 0 bridgehead atoms. The molecule has 1 amide bonds. The van der Waals surface area contributed by atoms with Crippen LogP contribution in [-0.4, -0.2) is 59.5 Å². The fourth-order valence-electron chi connectivity index (χ4n) is 9.61. The lowest BCUT2D eigenvalue weighted by molar-refractivity contribution is -0.175. The molecule has 7 heteroatoms. The molecule has 3 N–H and O–H groups in total. The number of carbonyl (C=O) groups excluding carboxylic acids is 2. The number of rotatable bonds is 9. The van der Waals surface area contributed by atoms with Crippen molar-refractivity contribution in [3.05, 3.63) is 0 Å². The van der Waals surface area contributed by atoms with E-state index >= 15 is 0 Å². The van der Waals surface area contributed by atoms with Crippen LogP contribution in [-0.2, 0) is 14.3 Å². The van der Waals surface area contributed by atoms with Crippen LogP contribution in [0.2, 0.25) is 0 Å². The van der Waals surface area contributed by atoms with Gasteiger partial charge in [0.1, 0.15) is 6.04 Å². The van der Waals surface area contributed by atoms with Crippen molar-refractivity contribution < 1.29 is 24.5 Å². The highest BCUT2D eigenvalue weighted by Crippen LogP contribution is 2.68. The molecule has 0 radical (unpaired) electrons. The van der Waals surface area contributed by atoms with E-state index in [4.69, 9.17) is 4.74 Å². The van der Waals surface area contributed by atoms with E-state index in [2.05, 4.69) is 26.1 Å². The molecule has 37 heavy (non-hydrogen) atoms. The maximum atomic E-state index is 12.8. The topological polar surface area (TPSA) is 95.9 Å². The summed E-state index contributed by atoms with van der Waals surface area (Å²) in [4.78, 5) is 24.9. The Morgan fingerprint density at radius 2 is 1.81 bits per heavy atom. The van der Waals surface area contributed by atoms with Crippen LogP contribution in [0.25, 0.3) is 0 Å². The van der Waals surface area contributed by atoms with Gasteiger partial charge in [-0.1, -0.05) is 20.8 Å². The molecule has 4 saturated carbocycles. The summed E-state index contributed by atoms with van der Waals surface area (Å²) in [6, 6.07) is -0.580. The average Bonchev–Trinajstić information content (AvgIpc) is 3.24. The molecule has 4 aliphatic rings. The molecule has 4 aliphatic carbocycles. The highest BCUT2D eigenvalue weighted by atomic mass is 32.2. The molecule has 11 atom stereocenters. The Labute approximate surface area is 228 Å². The van der Waals surface area contributed by atoms with Gasteiger partial charge in [-0.3, -0.25) is 4.79 Å². The summed E-state index contributed by atoms with van der Waals surface area (Å²) >= 11 is 1.65. The molecule has 0 aromatic heterocycles. The van der Waals surface area contributed by atoms with E-state index in [0.717, 1.165) is 44.3 Å². The van der Waals surface area contributed by atoms with Gasteiger partial charge >= 0.3 is 5.97 Å². The standard InChI is InChI=1S/C30H51NO5S/c1-18(6-11-27(34)31-25(13-15-37-5)28(35)36-4)22-9-10-23-21-8-7-19-16-20(32)12-14-29(19,2)24(21)17-26(33)30(22,23)3/h18-26,32-33H,6-17H2,1-5H3,(H,31,34)/t18-,19-,20-,21+,22-,23+,24+,25+,26+,29+,30-/m1/s1. The summed E-state index contributed by atoms with van der Waals surface area (Å²) in [6.07, 6.45) is 11.9. The molecule has 4 fully saturated rings. The monoisotopic (exact) mass is 537 g/mol. The van der Waals surface area contributed by atoms with E-state index in [9.17, 15) is 19.8 Å². The maximum absolute atomic E-state index is 12.8. The largest absolute Gasteiger partial charge is 0.467 e. The van der Waals surface area contributed by atoms with E-state index < -0.39 is 6.04 Å². The average molecular weight is 538 g/mol. The number of thioether (sulfide) groups is 1. The molecule has 0 aliphatic heterocycles. The second-order valence-electron chi connectivity index (χ2n) is 13.3. The lowest BCUT2D eigenvalue weighted by atomic mass is 9.43. The Balaban J connectivity index is 1.39. The Hall–Kier alpha value is -0.790. The summed E-state index contributed by atoms with van der Waals surface area (Å²) in [6.45, 7) is 7.07. The van der Waals surface area contributed by atoms with Crippen LogP contribution in [0.1, 0.15) is 91.4 Å². The maximum Gasteiger partial charge on any atom is 0.328 e. The van der Waals surface area contributed by atoms with Crippen molar-refractivity contribution in [1.82, 2.24) is 5.32 Å². The zero-order chi connectivity index (χ0) is 27.0. The predicted octanol–water partition coefficient (Wildman–Crippen LogP) is 4.80. The summed E-state index contributed by atoms with van der Waals surface area (Å²) in [5, 5.41) is 24.9. The van der Waals surface area contributed by atoms with E-state index in [-0.39, 0.29) is 34.9 Å². The van der Waals surface area contributed by atoms with Gasteiger partial charge in [0.15, 0.2) is 0 Å². The van der Waals surface area contributed by atoms with Crippen molar-refractivity contribution >= 4 is 23.6 Å². The van der Waals surface area contributed by atoms with Crippen molar-refractivity contribution in [2.75, 3.05) is 19.1 Å². The molecule has 6 nitrogen and oxygen atoms in total. The minimum atomic E-state index is -0.580. The molecule has 0 unspecified atom stereocenters. The summed E-state index contributed by atoms with van der Waals surface area (Å²) < 4.78 is 4.89. The number of ether oxygens (including phenoxy) is 1. The van der Waals surface area contributed by atoms with Gasteiger partial charge in [-0.25, -0.2) is 4.79 Å².